The van der Waals surface area contributed by atoms with Crippen LogP contribution < -0.4 is 15.8 Å². The normalized spacial score (nSPS) is 12.5. The van der Waals surface area contributed by atoms with Crippen molar-refractivity contribution in [3.8, 4) is 0 Å². The van der Waals surface area contributed by atoms with Gasteiger partial charge >= 0.3 is 0 Å². The fourth-order valence-corrected chi connectivity index (χ4v) is 3.25. The van der Waals surface area contributed by atoms with Gasteiger partial charge in [0.25, 0.3) is 0 Å². The maximum atomic E-state index is 11.3. The Balaban J connectivity index is 2.21. The number of pyridine rings is 1. The number of benzene rings is 1. The van der Waals surface area contributed by atoms with E-state index in [4.69, 9.17) is 5.73 Å². The van der Waals surface area contributed by atoms with Crippen molar-refractivity contribution in [1.29, 1.82) is 0 Å². The molecule has 0 aliphatic carbocycles. The summed E-state index contributed by atoms with van der Waals surface area (Å²) in [6.07, 6.45) is 2.85. The molecule has 0 fully saturated rings. The van der Waals surface area contributed by atoms with Crippen LogP contribution in [0.1, 0.15) is 13.8 Å². The molecule has 0 radical (unpaired) electrons. The Labute approximate surface area is 124 Å². The molecule has 0 saturated carbocycles. The predicted molar refractivity (Wildman–Crippen MR) is 86.7 cm³/mol. The molecule has 0 saturated heterocycles. The van der Waals surface area contributed by atoms with Gasteiger partial charge in [0.15, 0.2) is 0 Å². The summed E-state index contributed by atoms with van der Waals surface area (Å²) in [5.74, 6) is 0. The number of aromatic nitrogens is 1. The van der Waals surface area contributed by atoms with Gasteiger partial charge < -0.3 is 11.1 Å². The predicted octanol–water partition coefficient (Wildman–Crippen LogP) is 1.56. The number of anilines is 2. The molecule has 0 unspecified atom stereocenters. The molecule has 2 aromatic rings. The lowest BCUT2D eigenvalue weighted by Crippen LogP contribution is -2.47. The number of nitrogens with two attached hydrogens (primary N) is 1. The van der Waals surface area contributed by atoms with Crippen LogP contribution in [0.3, 0.4) is 0 Å². The molecular weight excluding hydrogens is 288 g/mol. The van der Waals surface area contributed by atoms with Gasteiger partial charge in [-0.25, -0.2) is 13.1 Å². The lowest BCUT2D eigenvalue weighted by atomic mass is 10.1. The first-order valence-corrected chi connectivity index (χ1v) is 8.42. The summed E-state index contributed by atoms with van der Waals surface area (Å²) in [7, 11) is -3.25. The van der Waals surface area contributed by atoms with Gasteiger partial charge in [-0.3, -0.25) is 4.98 Å². The minimum Gasteiger partial charge on any atom is -0.399 e. The van der Waals surface area contributed by atoms with E-state index in [-0.39, 0.29) is 0 Å². The Hall–Kier alpha value is -1.86. The van der Waals surface area contributed by atoms with Crippen molar-refractivity contribution < 1.29 is 8.42 Å². The van der Waals surface area contributed by atoms with E-state index in [0.717, 1.165) is 22.8 Å². The van der Waals surface area contributed by atoms with Crippen LogP contribution in [0, 0.1) is 0 Å². The van der Waals surface area contributed by atoms with Crippen molar-refractivity contribution in [2.75, 3.05) is 23.9 Å². The number of nitrogen functional groups attached to an aromatic ring is 1. The maximum Gasteiger partial charge on any atom is 0.209 e. The van der Waals surface area contributed by atoms with Crippen LogP contribution in [0.25, 0.3) is 10.9 Å². The monoisotopic (exact) mass is 308 g/mol. The molecule has 1 aromatic carbocycles. The van der Waals surface area contributed by atoms with Crippen molar-refractivity contribution in [2.45, 2.75) is 19.4 Å². The molecule has 4 N–H and O–H groups in total. The largest absolute Gasteiger partial charge is 0.399 e. The van der Waals surface area contributed by atoms with Gasteiger partial charge in [0.2, 0.25) is 10.0 Å². The molecular formula is C14H20N4O2S. The van der Waals surface area contributed by atoms with Crippen molar-refractivity contribution >= 4 is 32.3 Å². The smallest absolute Gasteiger partial charge is 0.209 e. The summed E-state index contributed by atoms with van der Waals surface area (Å²) < 4.78 is 25.3. The van der Waals surface area contributed by atoms with E-state index >= 15 is 0 Å². The second kappa shape index (κ2) is 5.50. The van der Waals surface area contributed by atoms with Crippen LogP contribution in [-0.2, 0) is 10.0 Å². The zero-order valence-electron chi connectivity index (χ0n) is 12.3. The van der Waals surface area contributed by atoms with Crippen molar-refractivity contribution in [1.82, 2.24) is 9.71 Å². The van der Waals surface area contributed by atoms with Crippen LogP contribution in [0.5, 0.6) is 0 Å². The third-order valence-corrected chi connectivity index (χ3v) is 3.87. The van der Waals surface area contributed by atoms with Crippen LogP contribution in [0.15, 0.2) is 30.5 Å². The zero-order chi connectivity index (χ0) is 15.7. The minimum absolute atomic E-state index is 0.448. The minimum atomic E-state index is -3.25. The molecule has 0 amide bonds. The number of rotatable bonds is 5. The van der Waals surface area contributed by atoms with Gasteiger partial charge in [-0.15, -0.1) is 0 Å². The third-order valence-electron chi connectivity index (χ3n) is 2.95. The molecule has 7 heteroatoms. The molecule has 114 valence electrons. The fraction of sp³-hybridized carbons (Fsp3) is 0.357. The summed E-state index contributed by atoms with van der Waals surface area (Å²) in [6, 6.07) is 7.38. The molecule has 21 heavy (non-hydrogen) atoms. The Morgan fingerprint density at radius 3 is 2.67 bits per heavy atom. The summed E-state index contributed by atoms with van der Waals surface area (Å²) in [6.45, 7) is 4.09. The Morgan fingerprint density at radius 1 is 1.29 bits per heavy atom. The SMILES string of the molecule is CC(C)(CNc1ccnc2cc(N)ccc12)NS(C)(=O)=O. The molecule has 0 aliphatic rings. The molecule has 0 spiro atoms. The highest BCUT2D eigenvalue weighted by Crippen LogP contribution is 2.23. The van der Waals surface area contributed by atoms with Gasteiger partial charge in [-0.2, -0.15) is 0 Å². The first-order valence-electron chi connectivity index (χ1n) is 6.53. The van der Waals surface area contributed by atoms with E-state index in [0.29, 0.717) is 12.2 Å². The quantitative estimate of drug-likeness (QED) is 0.728. The van der Waals surface area contributed by atoms with Crippen molar-refractivity contribution in [3.63, 3.8) is 0 Å². The Bertz CT molecular complexity index is 757. The number of fused-ring (bicyclic) bond motifs is 1. The maximum absolute atomic E-state index is 11.3. The van der Waals surface area contributed by atoms with E-state index in [1.807, 2.05) is 32.0 Å². The topological polar surface area (TPSA) is 97.1 Å². The van der Waals surface area contributed by atoms with E-state index in [9.17, 15) is 8.42 Å². The van der Waals surface area contributed by atoms with Gasteiger partial charge in [-0.05, 0) is 38.1 Å². The Morgan fingerprint density at radius 2 is 2.00 bits per heavy atom. The second-order valence-corrected chi connectivity index (χ2v) is 7.50. The summed E-state index contributed by atoms with van der Waals surface area (Å²) in [5, 5.41) is 4.21. The van der Waals surface area contributed by atoms with E-state index in [2.05, 4.69) is 15.0 Å². The molecule has 0 aliphatic heterocycles. The zero-order valence-corrected chi connectivity index (χ0v) is 13.2. The lowest BCUT2D eigenvalue weighted by molar-refractivity contribution is 0.476. The van der Waals surface area contributed by atoms with Gasteiger partial charge in [0, 0.05) is 35.0 Å². The summed E-state index contributed by atoms with van der Waals surface area (Å²) >= 11 is 0. The average Bonchev–Trinajstić information content (AvgIpc) is 2.33. The highest BCUT2D eigenvalue weighted by atomic mass is 32.2. The Kier molecular flexibility index (Phi) is 4.06. The van der Waals surface area contributed by atoms with Crippen molar-refractivity contribution in [3.05, 3.63) is 30.5 Å². The van der Waals surface area contributed by atoms with E-state index in [1.54, 1.807) is 12.3 Å². The van der Waals surface area contributed by atoms with Crippen molar-refractivity contribution in [2.24, 2.45) is 0 Å². The molecule has 0 bridgehead atoms. The first kappa shape index (κ1) is 15.5. The van der Waals surface area contributed by atoms with E-state index < -0.39 is 15.6 Å². The van der Waals surface area contributed by atoms with Crippen LogP contribution >= 0.6 is 0 Å². The fourth-order valence-electron chi connectivity index (χ4n) is 2.17. The molecule has 6 nitrogen and oxygen atoms in total. The number of nitrogens with zero attached hydrogens (tertiary/aromatic N) is 1. The molecule has 1 aromatic heterocycles. The lowest BCUT2D eigenvalue weighted by Gasteiger charge is -2.26. The van der Waals surface area contributed by atoms with Crippen LogP contribution in [0.4, 0.5) is 11.4 Å². The number of hydrogen-bond acceptors (Lipinski definition) is 5. The van der Waals surface area contributed by atoms with Gasteiger partial charge in [0.05, 0.1) is 11.8 Å². The van der Waals surface area contributed by atoms with Gasteiger partial charge in [-0.1, -0.05) is 0 Å². The van der Waals surface area contributed by atoms with Crippen LogP contribution in [-0.4, -0.2) is 31.7 Å². The highest BCUT2D eigenvalue weighted by molar-refractivity contribution is 7.88. The number of nitrogens with one attached hydrogen (secondary N) is 2. The number of hydrogen-bond donors (Lipinski definition) is 3. The molecule has 2 rings (SSSR count). The summed E-state index contributed by atoms with van der Waals surface area (Å²) in [4.78, 5) is 4.28. The highest BCUT2D eigenvalue weighted by Gasteiger charge is 2.22. The first-order chi connectivity index (χ1) is 9.66. The standard InChI is InChI=1S/C14H20N4O2S/c1-14(2,18-21(3,19)20)9-17-12-6-7-16-13-8-10(15)4-5-11(12)13/h4-8,18H,9,15H2,1-3H3,(H,16,17). The van der Waals surface area contributed by atoms with Gasteiger partial charge in [0.1, 0.15) is 0 Å². The number of sulfonamides is 1. The molecule has 1 heterocycles. The van der Waals surface area contributed by atoms with Crippen LogP contribution in [0.2, 0.25) is 0 Å². The van der Waals surface area contributed by atoms with E-state index in [1.165, 1.54) is 0 Å². The molecule has 0 atom stereocenters. The average molecular weight is 308 g/mol. The third kappa shape index (κ3) is 4.30. The summed E-state index contributed by atoms with van der Waals surface area (Å²) in [5.41, 5.74) is 7.50. The second-order valence-electron chi connectivity index (χ2n) is 5.75.